The van der Waals surface area contributed by atoms with Crippen LogP contribution in [-0.2, 0) is 9.84 Å². The van der Waals surface area contributed by atoms with Gasteiger partial charge in [0.05, 0.1) is 11.5 Å². The molecule has 0 aromatic heterocycles. The van der Waals surface area contributed by atoms with Gasteiger partial charge in [-0.05, 0) is 18.8 Å². The Labute approximate surface area is 73.7 Å². The largest absolute Gasteiger partial charge is 0.229 e. The highest BCUT2D eigenvalue weighted by Gasteiger charge is 2.25. The molecule has 0 N–H and O–H groups in total. The highest BCUT2D eigenvalue weighted by atomic mass is 32.2. The van der Waals surface area contributed by atoms with E-state index < -0.39 is 9.84 Å². The first kappa shape index (κ1) is 9.39. The van der Waals surface area contributed by atoms with Gasteiger partial charge in [0.1, 0.15) is 9.84 Å². The molecule has 66 valence electrons. The number of hydrogen-bond donors (Lipinski definition) is 1. The van der Waals surface area contributed by atoms with Gasteiger partial charge in [0, 0.05) is 5.25 Å². The van der Waals surface area contributed by atoms with E-state index in [0.29, 0.717) is 22.7 Å². The van der Waals surface area contributed by atoms with Crippen LogP contribution in [0.3, 0.4) is 0 Å². The molecule has 0 bridgehead atoms. The van der Waals surface area contributed by atoms with Crippen molar-refractivity contribution in [2.75, 3.05) is 11.5 Å². The molecule has 0 radical (unpaired) electrons. The Morgan fingerprint density at radius 3 is 2.18 bits per heavy atom. The monoisotopic (exact) mass is 194 g/mol. The summed E-state index contributed by atoms with van der Waals surface area (Å²) >= 11 is 4.30. The molecule has 0 aromatic rings. The fourth-order valence-electron chi connectivity index (χ4n) is 1.39. The zero-order valence-electron chi connectivity index (χ0n) is 6.66. The van der Waals surface area contributed by atoms with E-state index in [2.05, 4.69) is 12.6 Å². The third-order valence-corrected chi connectivity index (χ3v) is 4.42. The molecule has 0 aliphatic carbocycles. The van der Waals surface area contributed by atoms with E-state index in [1.54, 1.807) is 0 Å². The standard InChI is InChI=1S/C7H14O2S2/c1-6(10)7-2-4-11(8,9)5-3-7/h6-7,10H,2-5H2,1H3. The zero-order valence-corrected chi connectivity index (χ0v) is 8.37. The average Bonchev–Trinajstić information content (AvgIpc) is 1.86. The molecule has 1 saturated heterocycles. The van der Waals surface area contributed by atoms with Crippen LogP contribution in [0.5, 0.6) is 0 Å². The summed E-state index contributed by atoms with van der Waals surface area (Å²) in [5.41, 5.74) is 0. The van der Waals surface area contributed by atoms with E-state index in [4.69, 9.17) is 0 Å². The van der Waals surface area contributed by atoms with Gasteiger partial charge >= 0.3 is 0 Å². The molecule has 1 aliphatic rings. The Balaban J connectivity index is 2.49. The van der Waals surface area contributed by atoms with Crippen LogP contribution >= 0.6 is 12.6 Å². The van der Waals surface area contributed by atoms with Crippen LogP contribution in [0.25, 0.3) is 0 Å². The van der Waals surface area contributed by atoms with E-state index in [1.165, 1.54) is 0 Å². The molecule has 0 aromatic carbocycles. The van der Waals surface area contributed by atoms with Crippen molar-refractivity contribution in [3.63, 3.8) is 0 Å². The summed E-state index contributed by atoms with van der Waals surface area (Å²) in [4.78, 5) is 0. The van der Waals surface area contributed by atoms with E-state index in [1.807, 2.05) is 6.92 Å². The molecule has 1 atom stereocenters. The van der Waals surface area contributed by atoms with Crippen LogP contribution in [0.15, 0.2) is 0 Å². The SMILES string of the molecule is CC(S)C1CCS(=O)(=O)CC1. The van der Waals surface area contributed by atoms with E-state index in [0.717, 1.165) is 12.8 Å². The van der Waals surface area contributed by atoms with E-state index in [9.17, 15) is 8.42 Å². The minimum atomic E-state index is -2.68. The Morgan fingerprint density at radius 2 is 1.82 bits per heavy atom. The average molecular weight is 194 g/mol. The molecule has 0 amide bonds. The van der Waals surface area contributed by atoms with Gasteiger partial charge in [0.2, 0.25) is 0 Å². The van der Waals surface area contributed by atoms with Crippen molar-refractivity contribution >= 4 is 22.5 Å². The van der Waals surface area contributed by atoms with E-state index in [-0.39, 0.29) is 0 Å². The van der Waals surface area contributed by atoms with Crippen LogP contribution < -0.4 is 0 Å². The Morgan fingerprint density at radius 1 is 1.36 bits per heavy atom. The Hall–Kier alpha value is 0.300. The molecule has 1 rings (SSSR count). The minimum absolute atomic E-state index is 0.338. The summed E-state index contributed by atoms with van der Waals surface area (Å²) in [5.74, 6) is 1.23. The predicted octanol–water partition coefficient (Wildman–Crippen LogP) is 1.13. The van der Waals surface area contributed by atoms with Gasteiger partial charge in [-0.3, -0.25) is 0 Å². The third-order valence-electron chi connectivity index (χ3n) is 2.28. The second kappa shape index (κ2) is 3.35. The highest BCUT2D eigenvalue weighted by molar-refractivity contribution is 7.91. The number of hydrogen-bond acceptors (Lipinski definition) is 3. The Kier molecular flexibility index (Phi) is 2.86. The molecular weight excluding hydrogens is 180 g/mol. The quantitative estimate of drug-likeness (QED) is 0.635. The van der Waals surface area contributed by atoms with Gasteiger partial charge in [-0.2, -0.15) is 12.6 Å². The molecule has 1 fully saturated rings. The lowest BCUT2D eigenvalue weighted by molar-refractivity contribution is 0.464. The second-order valence-corrected chi connectivity index (χ2v) is 6.35. The molecule has 4 heteroatoms. The summed E-state index contributed by atoms with van der Waals surface area (Å²) in [5, 5.41) is 0.338. The molecule has 1 aliphatic heterocycles. The first-order valence-electron chi connectivity index (χ1n) is 3.90. The summed E-state index contributed by atoms with van der Waals surface area (Å²) in [6, 6.07) is 0. The lowest BCUT2D eigenvalue weighted by Gasteiger charge is -2.24. The van der Waals surface area contributed by atoms with Gasteiger partial charge in [-0.1, -0.05) is 6.92 Å². The van der Waals surface area contributed by atoms with Crippen LogP contribution in [0, 0.1) is 5.92 Å². The first-order chi connectivity index (χ1) is 5.01. The van der Waals surface area contributed by atoms with Gasteiger partial charge < -0.3 is 0 Å². The van der Waals surface area contributed by atoms with Crippen LogP contribution in [0.2, 0.25) is 0 Å². The van der Waals surface area contributed by atoms with Gasteiger partial charge in [-0.15, -0.1) is 0 Å². The summed E-state index contributed by atoms with van der Waals surface area (Å²) in [6.07, 6.45) is 1.60. The van der Waals surface area contributed by atoms with Gasteiger partial charge in [0.25, 0.3) is 0 Å². The lowest BCUT2D eigenvalue weighted by Crippen LogP contribution is -2.27. The van der Waals surface area contributed by atoms with Crippen molar-refractivity contribution < 1.29 is 8.42 Å². The summed E-state index contributed by atoms with van der Waals surface area (Å²) in [7, 11) is -2.68. The zero-order chi connectivity index (χ0) is 8.48. The maximum absolute atomic E-state index is 11.0. The van der Waals surface area contributed by atoms with Gasteiger partial charge in [0.15, 0.2) is 0 Å². The van der Waals surface area contributed by atoms with Crippen LogP contribution in [0.1, 0.15) is 19.8 Å². The van der Waals surface area contributed by atoms with Crippen LogP contribution in [-0.4, -0.2) is 25.2 Å². The van der Waals surface area contributed by atoms with E-state index >= 15 is 0 Å². The number of sulfone groups is 1. The third kappa shape index (κ3) is 2.67. The maximum Gasteiger partial charge on any atom is 0.150 e. The second-order valence-electron chi connectivity index (χ2n) is 3.23. The normalized spacial score (nSPS) is 28.2. The molecule has 11 heavy (non-hydrogen) atoms. The highest BCUT2D eigenvalue weighted by Crippen LogP contribution is 2.24. The molecule has 1 heterocycles. The van der Waals surface area contributed by atoms with Crippen molar-refractivity contribution in [2.24, 2.45) is 5.92 Å². The van der Waals surface area contributed by atoms with Crippen molar-refractivity contribution in [3.8, 4) is 0 Å². The molecule has 0 spiro atoms. The summed E-state index contributed by atoms with van der Waals surface area (Å²) in [6.45, 7) is 2.03. The van der Waals surface area contributed by atoms with Crippen molar-refractivity contribution in [2.45, 2.75) is 25.0 Å². The fraction of sp³-hybridized carbons (Fsp3) is 1.00. The number of thiol groups is 1. The first-order valence-corrected chi connectivity index (χ1v) is 6.23. The van der Waals surface area contributed by atoms with Crippen molar-refractivity contribution in [1.29, 1.82) is 0 Å². The topological polar surface area (TPSA) is 34.1 Å². The molecule has 0 saturated carbocycles. The molecule has 1 unspecified atom stereocenters. The maximum atomic E-state index is 11.0. The lowest BCUT2D eigenvalue weighted by atomic mass is 10.00. The predicted molar refractivity (Wildman–Crippen MR) is 49.8 cm³/mol. The smallest absolute Gasteiger partial charge is 0.150 e. The molecular formula is C7H14O2S2. The van der Waals surface area contributed by atoms with Gasteiger partial charge in [-0.25, -0.2) is 8.42 Å². The summed E-state index contributed by atoms with van der Waals surface area (Å²) < 4.78 is 22.0. The Bertz CT molecular complexity index is 205. The fourth-order valence-corrected chi connectivity index (χ4v) is 3.22. The van der Waals surface area contributed by atoms with Crippen LogP contribution in [0.4, 0.5) is 0 Å². The number of rotatable bonds is 1. The van der Waals surface area contributed by atoms with Crippen molar-refractivity contribution in [3.05, 3.63) is 0 Å². The minimum Gasteiger partial charge on any atom is -0.229 e. The van der Waals surface area contributed by atoms with Crippen molar-refractivity contribution in [1.82, 2.24) is 0 Å². The molecule has 2 nitrogen and oxygen atoms in total.